The minimum Gasteiger partial charge on any atom is -0.394 e. The van der Waals surface area contributed by atoms with Crippen LogP contribution in [0, 0.1) is 0 Å². The van der Waals surface area contributed by atoms with Crippen LogP contribution in [0.1, 0.15) is 43.4 Å². The van der Waals surface area contributed by atoms with Gasteiger partial charge in [-0.15, -0.1) is 0 Å². The summed E-state index contributed by atoms with van der Waals surface area (Å²) >= 11 is 0. The fraction of sp³-hybridized carbons (Fsp3) is 0.600. The van der Waals surface area contributed by atoms with Crippen LogP contribution in [0.2, 0.25) is 0 Å². The maximum atomic E-state index is 9.66. The topological polar surface area (TPSA) is 49.7 Å². The van der Waals surface area contributed by atoms with Gasteiger partial charge < -0.3 is 14.9 Å². The van der Waals surface area contributed by atoms with Crippen LogP contribution in [0.5, 0.6) is 0 Å². The van der Waals surface area contributed by atoms with Gasteiger partial charge in [-0.1, -0.05) is 37.6 Å². The van der Waals surface area contributed by atoms with Crippen LogP contribution in [0.15, 0.2) is 24.3 Å². The Morgan fingerprint density at radius 2 is 1.94 bits per heavy atom. The van der Waals surface area contributed by atoms with Crippen LogP contribution in [-0.2, 0) is 11.2 Å². The highest BCUT2D eigenvalue weighted by atomic mass is 16.5. The van der Waals surface area contributed by atoms with Gasteiger partial charge in [0.15, 0.2) is 0 Å². The quantitative estimate of drug-likeness (QED) is 0.861. The number of aliphatic hydroxyl groups is 2. The van der Waals surface area contributed by atoms with Crippen LogP contribution >= 0.6 is 0 Å². The van der Waals surface area contributed by atoms with Crippen LogP contribution in [0.3, 0.4) is 0 Å². The molecule has 1 aliphatic heterocycles. The Hall–Kier alpha value is -0.900. The van der Waals surface area contributed by atoms with Gasteiger partial charge in [0.1, 0.15) is 6.10 Å². The normalized spacial score (nSPS) is 28.3. The molecule has 3 nitrogen and oxygen atoms in total. The van der Waals surface area contributed by atoms with E-state index in [2.05, 4.69) is 31.2 Å². The zero-order chi connectivity index (χ0) is 13.0. The van der Waals surface area contributed by atoms with Crippen molar-refractivity contribution in [2.75, 3.05) is 6.61 Å². The Balaban J connectivity index is 2.02. The summed E-state index contributed by atoms with van der Waals surface area (Å²) in [5.41, 5.74) is 2.48. The van der Waals surface area contributed by atoms with E-state index in [1.54, 1.807) is 0 Å². The smallest absolute Gasteiger partial charge is 0.107 e. The van der Waals surface area contributed by atoms with Crippen LogP contribution < -0.4 is 0 Å². The predicted molar refractivity (Wildman–Crippen MR) is 70.4 cm³/mol. The number of hydrogen-bond donors (Lipinski definition) is 2. The summed E-state index contributed by atoms with van der Waals surface area (Å²) in [5, 5.41) is 18.8. The number of hydrogen-bond acceptors (Lipinski definition) is 3. The van der Waals surface area contributed by atoms with Gasteiger partial charge in [0.05, 0.1) is 18.8 Å². The number of aryl methyl sites for hydroxylation is 1. The lowest BCUT2D eigenvalue weighted by Gasteiger charge is -2.33. The molecule has 18 heavy (non-hydrogen) atoms. The molecule has 0 amide bonds. The Kier molecular flexibility index (Phi) is 4.75. The first-order valence-corrected chi connectivity index (χ1v) is 6.77. The highest BCUT2D eigenvalue weighted by molar-refractivity contribution is 5.24. The number of aliphatic hydroxyl groups excluding tert-OH is 2. The van der Waals surface area contributed by atoms with Crippen molar-refractivity contribution >= 4 is 0 Å². The standard InChI is InChI=1S/C15H22O3/c1-2-3-11-4-6-12(7-5-11)14-9-8-13(17)15(10-16)18-14/h4-7,13-17H,2-3,8-10H2,1H3/t13-,14+,15+/m0/s1. The summed E-state index contributed by atoms with van der Waals surface area (Å²) in [5.74, 6) is 0. The maximum Gasteiger partial charge on any atom is 0.107 e. The fourth-order valence-electron chi connectivity index (χ4n) is 2.48. The van der Waals surface area contributed by atoms with Gasteiger partial charge in [0.25, 0.3) is 0 Å². The van der Waals surface area contributed by atoms with Gasteiger partial charge in [-0.05, 0) is 30.4 Å². The molecule has 3 heteroatoms. The van der Waals surface area contributed by atoms with Gasteiger partial charge in [-0.25, -0.2) is 0 Å². The molecule has 0 aliphatic carbocycles. The minimum absolute atomic E-state index is 0.00114. The zero-order valence-corrected chi connectivity index (χ0v) is 10.9. The van der Waals surface area contributed by atoms with Crippen molar-refractivity contribution in [2.24, 2.45) is 0 Å². The van der Waals surface area contributed by atoms with Crippen LogP contribution in [0.25, 0.3) is 0 Å². The van der Waals surface area contributed by atoms with E-state index in [1.165, 1.54) is 5.56 Å². The second kappa shape index (κ2) is 6.32. The lowest BCUT2D eigenvalue weighted by molar-refractivity contribution is -0.135. The second-order valence-electron chi connectivity index (χ2n) is 4.98. The molecule has 1 fully saturated rings. The Bertz CT molecular complexity index is 361. The molecule has 1 saturated heterocycles. The Morgan fingerprint density at radius 1 is 1.22 bits per heavy atom. The van der Waals surface area contributed by atoms with Gasteiger partial charge >= 0.3 is 0 Å². The average Bonchev–Trinajstić information content (AvgIpc) is 2.41. The van der Waals surface area contributed by atoms with Crippen molar-refractivity contribution < 1.29 is 14.9 Å². The molecule has 0 radical (unpaired) electrons. The summed E-state index contributed by atoms with van der Waals surface area (Å²) < 4.78 is 5.73. The molecule has 2 rings (SSSR count). The molecule has 1 aromatic carbocycles. The summed E-state index contributed by atoms with van der Waals surface area (Å²) in [6.45, 7) is 2.05. The monoisotopic (exact) mass is 250 g/mol. The van der Waals surface area contributed by atoms with Gasteiger partial charge in [-0.3, -0.25) is 0 Å². The highest BCUT2D eigenvalue weighted by Crippen LogP contribution is 2.31. The molecule has 0 spiro atoms. The lowest BCUT2D eigenvalue weighted by atomic mass is 9.95. The zero-order valence-electron chi connectivity index (χ0n) is 10.9. The fourth-order valence-corrected chi connectivity index (χ4v) is 2.48. The molecule has 0 unspecified atom stereocenters. The van der Waals surface area contributed by atoms with E-state index in [-0.39, 0.29) is 12.7 Å². The van der Waals surface area contributed by atoms with Gasteiger partial charge in [0, 0.05) is 0 Å². The lowest BCUT2D eigenvalue weighted by Crippen LogP contribution is -2.38. The third-order valence-corrected chi connectivity index (χ3v) is 3.56. The van der Waals surface area contributed by atoms with E-state index in [0.29, 0.717) is 6.42 Å². The molecule has 1 heterocycles. The molecule has 1 aliphatic rings. The summed E-state index contributed by atoms with van der Waals surface area (Å²) in [6.07, 6.45) is 2.77. The van der Waals surface area contributed by atoms with Crippen molar-refractivity contribution in [1.29, 1.82) is 0 Å². The average molecular weight is 250 g/mol. The molecule has 1 aromatic rings. The molecule has 0 saturated carbocycles. The third-order valence-electron chi connectivity index (χ3n) is 3.56. The SMILES string of the molecule is CCCc1ccc([C@H]2CC[C@H](O)[C@@H](CO)O2)cc1. The van der Waals surface area contributed by atoms with E-state index >= 15 is 0 Å². The summed E-state index contributed by atoms with van der Waals surface area (Å²) in [4.78, 5) is 0. The number of ether oxygens (including phenoxy) is 1. The second-order valence-corrected chi connectivity index (χ2v) is 4.98. The Morgan fingerprint density at radius 3 is 2.56 bits per heavy atom. The molecule has 0 aromatic heterocycles. The number of rotatable bonds is 4. The van der Waals surface area contributed by atoms with Crippen LogP contribution in [-0.4, -0.2) is 29.0 Å². The van der Waals surface area contributed by atoms with E-state index in [1.807, 2.05) is 0 Å². The first-order chi connectivity index (χ1) is 8.74. The predicted octanol–water partition coefficient (Wildman–Crippen LogP) is 2.21. The van der Waals surface area contributed by atoms with E-state index in [9.17, 15) is 5.11 Å². The van der Waals surface area contributed by atoms with E-state index < -0.39 is 12.2 Å². The maximum absolute atomic E-state index is 9.66. The van der Waals surface area contributed by atoms with E-state index in [4.69, 9.17) is 9.84 Å². The van der Waals surface area contributed by atoms with Crippen LogP contribution in [0.4, 0.5) is 0 Å². The first kappa shape index (κ1) is 13.5. The Labute approximate surface area is 108 Å². The number of benzene rings is 1. The summed E-state index contributed by atoms with van der Waals surface area (Å²) in [7, 11) is 0. The molecule has 3 atom stereocenters. The third kappa shape index (κ3) is 3.10. The van der Waals surface area contributed by atoms with Gasteiger partial charge in [-0.2, -0.15) is 0 Å². The van der Waals surface area contributed by atoms with Crippen molar-refractivity contribution in [3.05, 3.63) is 35.4 Å². The summed E-state index contributed by atoms with van der Waals surface area (Å²) in [6, 6.07) is 8.48. The van der Waals surface area contributed by atoms with Crippen molar-refractivity contribution in [3.63, 3.8) is 0 Å². The molecular weight excluding hydrogens is 228 g/mol. The van der Waals surface area contributed by atoms with Crippen molar-refractivity contribution in [3.8, 4) is 0 Å². The largest absolute Gasteiger partial charge is 0.394 e. The van der Waals surface area contributed by atoms with Crippen molar-refractivity contribution in [1.82, 2.24) is 0 Å². The van der Waals surface area contributed by atoms with Gasteiger partial charge in [0.2, 0.25) is 0 Å². The molecular formula is C15H22O3. The molecule has 100 valence electrons. The van der Waals surface area contributed by atoms with Crippen molar-refractivity contribution in [2.45, 2.75) is 50.9 Å². The minimum atomic E-state index is -0.536. The van der Waals surface area contributed by atoms with E-state index in [0.717, 1.165) is 24.8 Å². The molecule has 2 N–H and O–H groups in total. The first-order valence-electron chi connectivity index (χ1n) is 6.77. The molecule has 0 bridgehead atoms. The highest BCUT2D eigenvalue weighted by Gasteiger charge is 2.29.